The minimum atomic E-state index is 0.0940. The number of hydrogen-bond acceptors (Lipinski definition) is 5. The van der Waals surface area contributed by atoms with Crippen LogP contribution in [-0.2, 0) is 9.53 Å². The van der Waals surface area contributed by atoms with Gasteiger partial charge in [-0.2, -0.15) is 5.10 Å². The van der Waals surface area contributed by atoms with Crippen molar-refractivity contribution in [2.24, 2.45) is 0 Å². The summed E-state index contributed by atoms with van der Waals surface area (Å²) in [5.41, 5.74) is 2.04. The number of anilines is 2. The molecule has 2 atom stereocenters. The first kappa shape index (κ1) is 14.1. The van der Waals surface area contributed by atoms with Crippen LogP contribution in [0, 0.1) is 0 Å². The standard InChI is InChI=1S/C13H16ClN5O2/c1-8-4-18(5-9(2)21-8)12-10(15-7-20)3-16-19-6-11(14)17-13(12)19/h3,6-9H,4-5H2,1-2H3,(H,15,20). The molecular weight excluding hydrogens is 294 g/mol. The molecule has 0 spiro atoms. The molecular formula is C13H16ClN5O2. The maximum Gasteiger partial charge on any atom is 0.211 e. The lowest BCUT2D eigenvalue weighted by atomic mass is 10.2. The molecule has 0 aromatic carbocycles. The molecule has 1 saturated heterocycles. The van der Waals surface area contributed by atoms with Crippen LogP contribution in [0.5, 0.6) is 0 Å². The summed E-state index contributed by atoms with van der Waals surface area (Å²) in [6.45, 7) is 5.46. The second-order valence-electron chi connectivity index (χ2n) is 5.16. The summed E-state index contributed by atoms with van der Waals surface area (Å²) in [6.07, 6.45) is 4.06. The Balaban J connectivity index is 2.12. The van der Waals surface area contributed by atoms with E-state index in [1.807, 2.05) is 13.8 Å². The number of carbonyl (C=O) groups is 1. The van der Waals surface area contributed by atoms with Gasteiger partial charge in [-0.1, -0.05) is 11.6 Å². The number of fused-ring (bicyclic) bond motifs is 1. The number of morpholine rings is 1. The first-order chi connectivity index (χ1) is 10.1. The zero-order chi connectivity index (χ0) is 15.0. The number of hydrogen-bond donors (Lipinski definition) is 1. The maximum atomic E-state index is 10.8. The van der Waals surface area contributed by atoms with Crippen LogP contribution in [0.15, 0.2) is 12.4 Å². The van der Waals surface area contributed by atoms with Gasteiger partial charge in [-0.05, 0) is 13.8 Å². The van der Waals surface area contributed by atoms with Crippen molar-refractivity contribution in [3.05, 3.63) is 17.5 Å². The lowest BCUT2D eigenvalue weighted by Crippen LogP contribution is -2.46. The summed E-state index contributed by atoms with van der Waals surface area (Å²) in [6, 6.07) is 0. The van der Waals surface area contributed by atoms with Gasteiger partial charge in [0, 0.05) is 13.1 Å². The SMILES string of the molecule is CC1CN(c2c(NC=O)cnn3cc(Cl)nc23)CC(C)O1. The quantitative estimate of drug-likeness (QED) is 0.871. The second kappa shape index (κ2) is 5.50. The topological polar surface area (TPSA) is 71.8 Å². The Hall–Kier alpha value is -1.86. The molecule has 8 heteroatoms. The number of halogens is 1. The van der Waals surface area contributed by atoms with Crippen LogP contribution in [0.4, 0.5) is 11.4 Å². The van der Waals surface area contributed by atoms with Crippen molar-refractivity contribution in [1.82, 2.24) is 14.6 Å². The molecule has 3 heterocycles. The number of imidazole rings is 1. The molecule has 1 N–H and O–H groups in total. The molecule has 2 aromatic heterocycles. The highest BCUT2D eigenvalue weighted by atomic mass is 35.5. The van der Waals surface area contributed by atoms with E-state index >= 15 is 0 Å². The van der Waals surface area contributed by atoms with Crippen LogP contribution in [0.2, 0.25) is 5.15 Å². The van der Waals surface area contributed by atoms with Crippen LogP contribution in [0.1, 0.15) is 13.8 Å². The molecule has 1 fully saturated rings. The third-order valence-corrected chi connectivity index (χ3v) is 3.57. The summed E-state index contributed by atoms with van der Waals surface area (Å²) >= 11 is 5.98. The van der Waals surface area contributed by atoms with Crippen molar-refractivity contribution in [2.75, 3.05) is 23.3 Å². The third-order valence-electron chi connectivity index (χ3n) is 3.39. The fourth-order valence-corrected chi connectivity index (χ4v) is 2.91. The molecule has 3 rings (SSSR count). The summed E-state index contributed by atoms with van der Waals surface area (Å²) in [4.78, 5) is 17.3. The largest absolute Gasteiger partial charge is 0.372 e. The smallest absolute Gasteiger partial charge is 0.211 e. The Morgan fingerprint density at radius 3 is 2.81 bits per heavy atom. The second-order valence-corrected chi connectivity index (χ2v) is 5.55. The molecule has 112 valence electrons. The number of aromatic nitrogens is 3. The van der Waals surface area contributed by atoms with Gasteiger partial charge in [0.15, 0.2) is 5.65 Å². The van der Waals surface area contributed by atoms with Crippen molar-refractivity contribution in [3.8, 4) is 0 Å². The van der Waals surface area contributed by atoms with Gasteiger partial charge in [-0.25, -0.2) is 9.50 Å². The summed E-state index contributed by atoms with van der Waals surface area (Å²) in [5.74, 6) is 0. The summed E-state index contributed by atoms with van der Waals surface area (Å²) in [7, 11) is 0. The molecule has 21 heavy (non-hydrogen) atoms. The molecule has 2 unspecified atom stereocenters. The predicted octanol–water partition coefficient (Wildman–Crippen LogP) is 1.56. The van der Waals surface area contributed by atoms with Gasteiger partial charge >= 0.3 is 0 Å². The predicted molar refractivity (Wildman–Crippen MR) is 79.9 cm³/mol. The Labute approximate surface area is 126 Å². The molecule has 2 aromatic rings. The third kappa shape index (κ3) is 2.66. The van der Waals surface area contributed by atoms with E-state index < -0.39 is 0 Å². The first-order valence-corrected chi connectivity index (χ1v) is 7.10. The van der Waals surface area contributed by atoms with E-state index in [1.165, 1.54) is 0 Å². The fourth-order valence-electron chi connectivity index (χ4n) is 2.74. The van der Waals surface area contributed by atoms with Gasteiger partial charge in [-0.15, -0.1) is 0 Å². The van der Waals surface area contributed by atoms with E-state index in [-0.39, 0.29) is 12.2 Å². The minimum Gasteiger partial charge on any atom is -0.372 e. The lowest BCUT2D eigenvalue weighted by Gasteiger charge is -2.37. The number of nitrogens with one attached hydrogen (secondary N) is 1. The first-order valence-electron chi connectivity index (χ1n) is 6.73. The van der Waals surface area contributed by atoms with Crippen LogP contribution in [0.25, 0.3) is 5.65 Å². The number of amides is 1. The summed E-state index contributed by atoms with van der Waals surface area (Å²) < 4.78 is 7.36. The number of rotatable bonds is 3. The monoisotopic (exact) mass is 309 g/mol. The van der Waals surface area contributed by atoms with Gasteiger partial charge in [-0.3, -0.25) is 4.79 Å². The molecule has 0 bridgehead atoms. The van der Waals surface area contributed by atoms with Crippen LogP contribution >= 0.6 is 11.6 Å². The van der Waals surface area contributed by atoms with E-state index in [9.17, 15) is 4.79 Å². The van der Waals surface area contributed by atoms with Crippen molar-refractivity contribution in [2.45, 2.75) is 26.1 Å². The summed E-state index contributed by atoms with van der Waals surface area (Å²) in [5, 5.41) is 7.25. The van der Waals surface area contributed by atoms with Crippen molar-refractivity contribution >= 4 is 35.0 Å². The van der Waals surface area contributed by atoms with Gasteiger partial charge < -0.3 is 15.0 Å². The highest BCUT2D eigenvalue weighted by Gasteiger charge is 2.27. The molecule has 7 nitrogen and oxygen atoms in total. The molecule has 0 saturated carbocycles. The zero-order valence-electron chi connectivity index (χ0n) is 11.8. The van der Waals surface area contributed by atoms with Gasteiger partial charge in [0.2, 0.25) is 6.41 Å². The van der Waals surface area contributed by atoms with Gasteiger partial charge in [0.05, 0.1) is 30.3 Å². The lowest BCUT2D eigenvalue weighted by molar-refractivity contribution is -0.105. The Kier molecular flexibility index (Phi) is 3.69. The van der Waals surface area contributed by atoms with E-state index in [1.54, 1.807) is 16.9 Å². The Morgan fingerprint density at radius 1 is 1.43 bits per heavy atom. The van der Waals surface area contributed by atoms with Crippen LogP contribution in [-0.4, -0.2) is 46.3 Å². The van der Waals surface area contributed by atoms with Crippen LogP contribution in [0.3, 0.4) is 0 Å². The van der Waals surface area contributed by atoms with Crippen molar-refractivity contribution in [1.29, 1.82) is 0 Å². The Morgan fingerprint density at radius 2 is 2.14 bits per heavy atom. The zero-order valence-corrected chi connectivity index (χ0v) is 12.5. The average Bonchev–Trinajstić information content (AvgIpc) is 2.77. The molecule has 0 radical (unpaired) electrons. The molecule has 0 aliphatic carbocycles. The van der Waals surface area contributed by atoms with E-state index in [4.69, 9.17) is 16.3 Å². The van der Waals surface area contributed by atoms with E-state index in [2.05, 4.69) is 20.3 Å². The van der Waals surface area contributed by atoms with Crippen LogP contribution < -0.4 is 10.2 Å². The molecule has 1 amide bonds. The van der Waals surface area contributed by atoms with E-state index in [0.717, 1.165) is 5.69 Å². The normalized spacial score (nSPS) is 22.5. The maximum absolute atomic E-state index is 10.8. The average molecular weight is 310 g/mol. The molecule has 1 aliphatic rings. The minimum absolute atomic E-state index is 0.0940. The number of carbonyl (C=O) groups excluding carboxylic acids is 1. The fraction of sp³-hybridized carbons (Fsp3) is 0.462. The van der Waals surface area contributed by atoms with Gasteiger partial charge in [0.1, 0.15) is 10.8 Å². The number of ether oxygens (including phenoxy) is 1. The Bertz CT molecular complexity index is 664. The van der Waals surface area contributed by atoms with E-state index in [0.29, 0.717) is 36.0 Å². The highest BCUT2D eigenvalue weighted by Crippen LogP contribution is 2.32. The number of nitrogens with zero attached hydrogens (tertiary/aromatic N) is 4. The van der Waals surface area contributed by atoms with Gasteiger partial charge in [0.25, 0.3) is 0 Å². The molecule has 1 aliphatic heterocycles. The van der Waals surface area contributed by atoms with Crippen molar-refractivity contribution < 1.29 is 9.53 Å². The van der Waals surface area contributed by atoms with Crippen molar-refractivity contribution in [3.63, 3.8) is 0 Å². The highest BCUT2D eigenvalue weighted by molar-refractivity contribution is 6.29.